The molecule has 1 aromatic heterocycles. The van der Waals surface area contributed by atoms with Gasteiger partial charge in [-0.2, -0.15) is 4.98 Å². The maximum atomic E-state index is 13.8. The van der Waals surface area contributed by atoms with Gasteiger partial charge in [0.25, 0.3) is 5.91 Å². The first-order valence-electron chi connectivity index (χ1n) is 8.32. The lowest BCUT2D eigenvalue weighted by Crippen LogP contribution is -2.56. The third kappa shape index (κ3) is 3.38. The van der Waals surface area contributed by atoms with Crippen molar-refractivity contribution in [2.45, 2.75) is 13.0 Å². The number of halogens is 2. The minimum absolute atomic E-state index is 0.264. The summed E-state index contributed by atoms with van der Waals surface area (Å²) in [5, 5.41) is 3.89. The average Bonchev–Trinajstić information content (AvgIpc) is 3.06. The summed E-state index contributed by atoms with van der Waals surface area (Å²) in [4.78, 5) is 17.9. The number of aryl methyl sites for hydroxylation is 1. The molecule has 1 fully saturated rings. The molecular formula is C19H15F2N3O3. The number of ether oxygens (including phenoxy) is 1. The van der Waals surface area contributed by atoms with Crippen LogP contribution in [0.15, 0.2) is 47.0 Å². The van der Waals surface area contributed by atoms with Crippen LogP contribution in [-0.2, 0) is 0 Å². The third-order valence-corrected chi connectivity index (χ3v) is 4.24. The smallest absolute Gasteiger partial charge is 0.257 e. The van der Waals surface area contributed by atoms with Crippen molar-refractivity contribution >= 4 is 5.91 Å². The minimum atomic E-state index is -0.747. The fraction of sp³-hybridized carbons (Fsp3) is 0.211. The molecule has 1 aliphatic rings. The fourth-order valence-electron chi connectivity index (χ4n) is 2.85. The quantitative estimate of drug-likeness (QED) is 0.704. The van der Waals surface area contributed by atoms with E-state index in [2.05, 4.69) is 10.1 Å². The van der Waals surface area contributed by atoms with Gasteiger partial charge in [-0.05, 0) is 30.3 Å². The summed E-state index contributed by atoms with van der Waals surface area (Å²) in [6, 6.07) is 10.1. The highest BCUT2D eigenvalue weighted by atomic mass is 19.1. The van der Waals surface area contributed by atoms with Gasteiger partial charge in [0.05, 0.1) is 24.2 Å². The first-order chi connectivity index (χ1) is 13.0. The molecule has 8 heteroatoms. The highest BCUT2D eigenvalue weighted by molar-refractivity contribution is 5.95. The van der Waals surface area contributed by atoms with Gasteiger partial charge in [-0.25, -0.2) is 8.78 Å². The Hall–Kier alpha value is -3.29. The van der Waals surface area contributed by atoms with Gasteiger partial charge in [-0.15, -0.1) is 0 Å². The number of nitrogens with zero attached hydrogens (tertiary/aromatic N) is 3. The van der Waals surface area contributed by atoms with Crippen LogP contribution < -0.4 is 4.74 Å². The van der Waals surface area contributed by atoms with Crippen LogP contribution in [0.3, 0.4) is 0 Å². The Kier molecular flexibility index (Phi) is 4.31. The van der Waals surface area contributed by atoms with Crippen LogP contribution in [0.5, 0.6) is 5.75 Å². The molecule has 1 aliphatic heterocycles. The van der Waals surface area contributed by atoms with Gasteiger partial charge in [0.15, 0.2) is 0 Å². The van der Waals surface area contributed by atoms with E-state index in [1.807, 2.05) is 18.2 Å². The molecule has 0 aliphatic carbocycles. The Balaban J connectivity index is 1.44. The van der Waals surface area contributed by atoms with Gasteiger partial charge in [-0.3, -0.25) is 4.79 Å². The molecule has 0 bridgehead atoms. The number of carbonyl (C=O) groups is 1. The number of rotatable bonds is 4. The predicted molar refractivity (Wildman–Crippen MR) is 91.1 cm³/mol. The van der Waals surface area contributed by atoms with E-state index < -0.39 is 17.5 Å². The van der Waals surface area contributed by atoms with Crippen LogP contribution in [0.2, 0.25) is 0 Å². The van der Waals surface area contributed by atoms with Gasteiger partial charge in [-0.1, -0.05) is 17.3 Å². The van der Waals surface area contributed by atoms with E-state index in [0.717, 1.165) is 18.2 Å². The van der Waals surface area contributed by atoms with E-state index in [9.17, 15) is 13.6 Å². The Labute approximate surface area is 153 Å². The molecule has 6 nitrogen and oxygen atoms in total. The Bertz CT molecular complexity index is 999. The second-order valence-corrected chi connectivity index (χ2v) is 6.21. The number of benzene rings is 2. The predicted octanol–water partition coefficient (Wildman–Crippen LogP) is 3.23. The van der Waals surface area contributed by atoms with Gasteiger partial charge >= 0.3 is 0 Å². The maximum Gasteiger partial charge on any atom is 0.257 e. The highest BCUT2D eigenvalue weighted by Crippen LogP contribution is 2.30. The first kappa shape index (κ1) is 17.1. The molecule has 0 N–H and O–H groups in total. The lowest BCUT2D eigenvalue weighted by molar-refractivity contribution is 0.0176. The second-order valence-electron chi connectivity index (χ2n) is 6.21. The molecule has 0 atom stereocenters. The molecule has 3 aromatic rings. The zero-order chi connectivity index (χ0) is 19.0. The lowest BCUT2D eigenvalue weighted by Gasteiger charge is -2.39. The molecule has 2 heterocycles. The van der Waals surface area contributed by atoms with Crippen molar-refractivity contribution in [1.29, 1.82) is 0 Å². The van der Waals surface area contributed by atoms with E-state index >= 15 is 0 Å². The summed E-state index contributed by atoms with van der Waals surface area (Å²) >= 11 is 0. The number of hydrogen-bond acceptors (Lipinski definition) is 5. The van der Waals surface area contributed by atoms with E-state index in [0.29, 0.717) is 23.0 Å². The summed E-state index contributed by atoms with van der Waals surface area (Å²) in [7, 11) is 0. The number of para-hydroxylation sites is 1. The Morgan fingerprint density at radius 3 is 2.74 bits per heavy atom. The standard InChI is InChI=1S/C19H15F2N3O3/c1-11-22-18(23-27-11)14-4-2-3-5-17(14)26-13-9-24(10-13)19(25)15-8-12(20)6-7-16(15)21/h2-8,13H,9-10H2,1H3. The molecule has 27 heavy (non-hydrogen) atoms. The van der Waals surface area contributed by atoms with E-state index in [-0.39, 0.29) is 24.8 Å². The van der Waals surface area contributed by atoms with Crippen molar-refractivity contribution in [2.24, 2.45) is 0 Å². The molecule has 1 amide bonds. The van der Waals surface area contributed by atoms with Crippen molar-refractivity contribution in [3.8, 4) is 17.1 Å². The van der Waals surface area contributed by atoms with Crippen LogP contribution in [0.1, 0.15) is 16.2 Å². The van der Waals surface area contributed by atoms with Crippen LogP contribution in [0.4, 0.5) is 8.78 Å². The number of carbonyl (C=O) groups excluding carboxylic acids is 1. The van der Waals surface area contributed by atoms with E-state index in [4.69, 9.17) is 9.26 Å². The summed E-state index contributed by atoms with van der Waals surface area (Å²) in [5.74, 6) is -0.545. The molecule has 0 unspecified atom stereocenters. The maximum absolute atomic E-state index is 13.8. The zero-order valence-electron chi connectivity index (χ0n) is 14.4. The molecule has 0 spiro atoms. The van der Waals surface area contributed by atoms with Crippen LogP contribution in [0, 0.1) is 18.6 Å². The zero-order valence-corrected chi connectivity index (χ0v) is 14.4. The van der Waals surface area contributed by atoms with E-state index in [1.54, 1.807) is 13.0 Å². The van der Waals surface area contributed by atoms with Crippen molar-refractivity contribution in [2.75, 3.05) is 13.1 Å². The number of aromatic nitrogens is 2. The molecule has 2 aromatic carbocycles. The first-order valence-corrected chi connectivity index (χ1v) is 8.32. The topological polar surface area (TPSA) is 68.5 Å². The SMILES string of the molecule is Cc1nc(-c2ccccc2OC2CN(C(=O)c3cc(F)ccc3F)C2)no1. The normalized spacial score (nSPS) is 14.1. The van der Waals surface area contributed by atoms with Crippen molar-refractivity contribution < 1.29 is 22.8 Å². The summed E-state index contributed by atoms with van der Waals surface area (Å²) in [6.45, 7) is 2.24. The second kappa shape index (κ2) is 6.79. The summed E-state index contributed by atoms with van der Waals surface area (Å²) in [6.07, 6.45) is -0.264. The third-order valence-electron chi connectivity index (χ3n) is 4.24. The molecular weight excluding hydrogens is 356 g/mol. The largest absolute Gasteiger partial charge is 0.486 e. The van der Waals surface area contributed by atoms with Gasteiger partial charge in [0.2, 0.25) is 11.7 Å². The summed E-state index contributed by atoms with van der Waals surface area (Å²) < 4.78 is 38.0. The fourth-order valence-corrected chi connectivity index (χ4v) is 2.85. The Morgan fingerprint density at radius 1 is 1.22 bits per heavy atom. The number of hydrogen-bond donors (Lipinski definition) is 0. The van der Waals surface area contributed by atoms with Gasteiger partial charge in [0, 0.05) is 6.92 Å². The molecule has 138 valence electrons. The van der Waals surface area contributed by atoms with Crippen LogP contribution >= 0.6 is 0 Å². The monoisotopic (exact) mass is 371 g/mol. The van der Waals surface area contributed by atoms with Crippen LogP contribution in [-0.4, -0.2) is 40.1 Å². The minimum Gasteiger partial charge on any atom is -0.486 e. The van der Waals surface area contributed by atoms with Crippen molar-refractivity contribution in [1.82, 2.24) is 15.0 Å². The highest BCUT2D eigenvalue weighted by Gasteiger charge is 2.34. The summed E-state index contributed by atoms with van der Waals surface area (Å²) in [5.41, 5.74) is 0.395. The van der Waals surface area contributed by atoms with E-state index in [1.165, 1.54) is 4.90 Å². The number of likely N-dealkylation sites (tertiary alicyclic amines) is 1. The Morgan fingerprint density at radius 2 is 2.00 bits per heavy atom. The molecule has 0 saturated carbocycles. The van der Waals surface area contributed by atoms with Crippen LogP contribution in [0.25, 0.3) is 11.4 Å². The lowest BCUT2D eigenvalue weighted by atomic mass is 10.1. The van der Waals surface area contributed by atoms with Crippen molar-refractivity contribution in [3.05, 3.63) is 65.6 Å². The molecule has 0 radical (unpaired) electrons. The van der Waals surface area contributed by atoms with Gasteiger partial charge in [0.1, 0.15) is 23.5 Å². The van der Waals surface area contributed by atoms with Gasteiger partial charge < -0.3 is 14.2 Å². The molecule has 4 rings (SSSR count). The average molecular weight is 371 g/mol. The number of amides is 1. The van der Waals surface area contributed by atoms with Crippen molar-refractivity contribution in [3.63, 3.8) is 0 Å². The molecule has 1 saturated heterocycles.